The van der Waals surface area contributed by atoms with Crippen LogP contribution in [0.3, 0.4) is 0 Å². The van der Waals surface area contributed by atoms with Crippen molar-refractivity contribution in [2.24, 2.45) is 0 Å². The van der Waals surface area contributed by atoms with E-state index in [0.717, 1.165) is 25.4 Å². The average molecular weight is 436 g/mol. The van der Waals surface area contributed by atoms with E-state index < -0.39 is 0 Å². The molecule has 0 bridgehead atoms. The van der Waals surface area contributed by atoms with Gasteiger partial charge >= 0.3 is 6.03 Å². The summed E-state index contributed by atoms with van der Waals surface area (Å²) in [4.78, 5) is 12.0. The van der Waals surface area contributed by atoms with Gasteiger partial charge in [-0.15, -0.1) is 10.2 Å². The average Bonchev–Trinajstić information content (AvgIpc) is 2.98. The number of benzene rings is 2. The van der Waals surface area contributed by atoms with Gasteiger partial charge in [0.2, 0.25) is 5.13 Å². The van der Waals surface area contributed by atoms with Crippen molar-refractivity contribution in [1.29, 1.82) is 0 Å². The predicted octanol–water partition coefficient (Wildman–Crippen LogP) is 4.76. The molecule has 0 spiro atoms. The van der Waals surface area contributed by atoms with Crippen molar-refractivity contribution in [2.45, 2.75) is 6.92 Å². The summed E-state index contributed by atoms with van der Waals surface area (Å²) in [5.74, 6) is 0. The van der Waals surface area contributed by atoms with Gasteiger partial charge < -0.3 is 5.32 Å². The summed E-state index contributed by atoms with van der Waals surface area (Å²) in [6.45, 7) is 2.00. The number of amides is 2. The van der Waals surface area contributed by atoms with Gasteiger partial charge in [-0.3, -0.25) is 5.32 Å². The third kappa shape index (κ3) is 4.05. The Morgan fingerprint density at radius 2 is 1.78 bits per heavy atom. The molecule has 0 saturated heterocycles. The first kappa shape index (κ1) is 15.9. The Balaban J connectivity index is 1.68. The lowest BCUT2D eigenvalue weighted by molar-refractivity contribution is 0.262. The molecule has 2 N–H and O–H groups in total. The van der Waals surface area contributed by atoms with Crippen molar-refractivity contribution in [3.63, 3.8) is 0 Å². The Hall–Kier alpha value is -2.00. The van der Waals surface area contributed by atoms with E-state index in [2.05, 4.69) is 43.4 Å². The first-order chi connectivity index (χ1) is 11.1. The molecular weight excluding hydrogens is 423 g/mol. The van der Waals surface area contributed by atoms with Crippen LogP contribution in [-0.2, 0) is 0 Å². The third-order valence-electron chi connectivity index (χ3n) is 3.06. The minimum absolute atomic E-state index is 0.334. The van der Waals surface area contributed by atoms with Crippen LogP contribution in [0, 0.1) is 10.5 Å². The summed E-state index contributed by atoms with van der Waals surface area (Å²) < 4.78 is 1.09. The number of nitrogens with one attached hydrogen (secondary N) is 2. The fraction of sp³-hybridized carbons (Fsp3) is 0.0625. The normalized spacial score (nSPS) is 10.3. The molecule has 2 aromatic carbocycles. The number of hydrogen-bond donors (Lipinski definition) is 2. The second kappa shape index (κ2) is 7.05. The maximum atomic E-state index is 12.0. The molecule has 1 heterocycles. The van der Waals surface area contributed by atoms with E-state index in [-0.39, 0.29) is 6.03 Å². The number of hydrogen-bond acceptors (Lipinski definition) is 4. The molecule has 0 aliphatic rings. The zero-order valence-electron chi connectivity index (χ0n) is 12.2. The standard InChI is InChI=1S/C16H13IN4OS/c1-10-6-8-11(9-7-10)18-15(22)19-16-21-20-14(23-16)12-4-2-3-5-13(12)17/h2-9H,1H3,(H2,18,19,21,22). The second-order valence-electron chi connectivity index (χ2n) is 4.84. The number of carbonyl (C=O) groups excluding carboxylic acids is 1. The smallest absolute Gasteiger partial charge is 0.308 e. The van der Waals surface area contributed by atoms with E-state index in [9.17, 15) is 4.79 Å². The lowest BCUT2D eigenvalue weighted by Gasteiger charge is -2.05. The number of anilines is 2. The van der Waals surface area contributed by atoms with Crippen molar-refractivity contribution < 1.29 is 4.79 Å². The number of nitrogens with zero attached hydrogens (tertiary/aromatic N) is 2. The van der Waals surface area contributed by atoms with Crippen molar-refractivity contribution in [1.82, 2.24) is 10.2 Å². The topological polar surface area (TPSA) is 66.9 Å². The Kier molecular flexibility index (Phi) is 4.87. The van der Waals surface area contributed by atoms with Gasteiger partial charge in [-0.05, 0) is 47.7 Å². The molecule has 0 radical (unpaired) electrons. The van der Waals surface area contributed by atoms with E-state index in [1.165, 1.54) is 11.3 Å². The SMILES string of the molecule is Cc1ccc(NC(=O)Nc2nnc(-c3ccccc3I)s2)cc1. The summed E-state index contributed by atoms with van der Waals surface area (Å²) in [5.41, 5.74) is 2.88. The molecule has 0 unspecified atom stereocenters. The summed E-state index contributed by atoms with van der Waals surface area (Å²) in [7, 11) is 0. The van der Waals surface area contributed by atoms with E-state index in [0.29, 0.717) is 5.13 Å². The summed E-state index contributed by atoms with van der Waals surface area (Å²) >= 11 is 3.60. The first-order valence-electron chi connectivity index (χ1n) is 6.85. The largest absolute Gasteiger partial charge is 0.325 e. The Labute approximate surface area is 151 Å². The van der Waals surface area contributed by atoms with Gasteiger partial charge in [0.05, 0.1) is 0 Å². The number of rotatable bonds is 3. The lowest BCUT2D eigenvalue weighted by atomic mass is 10.2. The van der Waals surface area contributed by atoms with Crippen LogP contribution in [0.25, 0.3) is 10.6 Å². The highest BCUT2D eigenvalue weighted by atomic mass is 127. The molecule has 0 atom stereocenters. The van der Waals surface area contributed by atoms with E-state index in [1.807, 2.05) is 55.5 Å². The highest BCUT2D eigenvalue weighted by molar-refractivity contribution is 14.1. The van der Waals surface area contributed by atoms with Crippen molar-refractivity contribution in [3.8, 4) is 10.6 Å². The van der Waals surface area contributed by atoms with E-state index >= 15 is 0 Å². The van der Waals surface area contributed by atoms with Crippen LogP contribution < -0.4 is 10.6 Å². The van der Waals surface area contributed by atoms with Crippen molar-refractivity contribution in [2.75, 3.05) is 10.6 Å². The van der Waals surface area contributed by atoms with Gasteiger partial charge in [0.1, 0.15) is 0 Å². The quantitative estimate of drug-likeness (QED) is 0.582. The third-order valence-corrected chi connectivity index (χ3v) is 4.87. The van der Waals surface area contributed by atoms with Crippen LogP contribution >= 0.6 is 33.9 Å². The fourth-order valence-corrected chi connectivity index (χ4v) is 3.52. The molecule has 3 aromatic rings. The first-order valence-corrected chi connectivity index (χ1v) is 8.74. The van der Waals surface area contributed by atoms with Crippen LogP contribution in [0.1, 0.15) is 5.56 Å². The Morgan fingerprint density at radius 3 is 2.52 bits per heavy atom. The highest BCUT2D eigenvalue weighted by Crippen LogP contribution is 2.29. The number of urea groups is 1. The molecule has 5 nitrogen and oxygen atoms in total. The Bertz CT molecular complexity index is 832. The van der Waals surface area contributed by atoms with Gasteiger partial charge in [0.25, 0.3) is 0 Å². The van der Waals surface area contributed by atoms with Gasteiger partial charge in [0, 0.05) is 14.8 Å². The summed E-state index contributed by atoms with van der Waals surface area (Å²) in [6.07, 6.45) is 0. The molecule has 0 fully saturated rings. The van der Waals surface area contributed by atoms with Gasteiger partial charge in [0.15, 0.2) is 5.01 Å². The predicted molar refractivity (Wildman–Crippen MR) is 102 cm³/mol. The number of aromatic nitrogens is 2. The molecule has 23 heavy (non-hydrogen) atoms. The maximum Gasteiger partial charge on any atom is 0.325 e. The van der Waals surface area contributed by atoms with E-state index in [1.54, 1.807) is 0 Å². The second-order valence-corrected chi connectivity index (χ2v) is 6.98. The van der Waals surface area contributed by atoms with Crippen LogP contribution in [-0.4, -0.2) is 16.2 Å². The molecule has 7 heteroatoms. The maximum absolute atomic E-state index is 12.0. The fourth-order valence-electron chi connectivity index (χ4n) is 1.91. The van der Waals surface area contributed by atoms with Crippen molar-refractivity contribution in [3.05, 3.63) is 57.7 Å². The number of aryl methyl sites for hydroxylation is 1. The molecule has 0 aliphatic carbocycles. The zero-order chi connectivity index (χ0) is 16.2. The van der Waals surface area contributed by atoms with Gasteiger partial charge in [-0.1, -0.05) is 47.2 Å². The molecule has 0 saturated carbocycles. The van der Waals surface area contributed by atoms with E-state index in [4.69, 9.17) is 0 Å². The number of halogens is 1. The lowest BCUT2D eigenvalue weighted by Crippen LogP contribution is -2.19. The molecule has 1 aromatic heterocycles. The molecule has 0 aliphatic heterocycles. The molecular formula is C16H13IN4OS. The van der Waals surface area contributed by atoms with Crippen LogP contribution in [0.4, 0.5) is 15.6 Å². The van der Waals surface area contributed by atoms with Crippen LogP contribution in [0.5, 0.6) is 0 Å². The minimum atomic E-state index is -0.334. The van der Waals surface area contributed by atoms with Gasteiger partial charge in [-0.25, -0.2) is 4.79 Å². The molecule has 116 valence electrons. The van der Waals surface area contributed by atoms with Crippen LogP contribution in [0.15, 0.2) is 48.5 Å². The minimum Gasteiger partial charge on any atom is -0.308 e. The monoisotopic (exact) mass is 436 g/mol. The molecule has 3 rings (SSSR count). The highest BCUT2D eigenvalue weighted by Gasteiger charge is 2.11. The Morgan fingerprint density at radius 1 is 1.04 bits per heavy atom. The summed E-state index contributed by atoms with van der Waals surface area (Å²) in [6, 6.07) is 15.2. The summed E-state index contributed by atoms with van der Waals surface area (Å²) in [5, 5.41) is 14.9. The van der Waals surface area contributed by atoms with Gasteiger partial charge in [-0.2, -0.15) is 0 Å². The molecule has 2 amide bonds. The number of carbonyl (C=O) groups is 1. The van der Waals surface area contributed by atoms with Crippen molar-refractivity contribution >= 4 is 50.8 Å². The zero-order valence-corrected chi connectivity index (χ0v) is 15.2. The van der Waals surface area contributed by atoms with Crippen LogP contribution in [0.2, 0.25) is 0 Å².